The van der Waals surface area contributed by atoms with Crippen LogP contribution in [0.4, 0.5) is 0 Å². The fraction of sp³-hybridized carbons (Fsp3) is 0.435. The van der Waals surface area contributed by atoms with Gasteiger partial charge in [-0.15, -0.1) is 0 Å². The van der Waals surface area contributed by atoms with E-state index in [1.165, 1.54) is 23.9 Å². The minimum atomic E-state index is -0.962. The Morgan fingerprint density at radius 1 is 1.10 bits per heavy atom. The highest BCUT2D eigenvalue weighted by Gasteiger charge is 2.36. The van der Waals surface area contributed by atoms with Crippen LogP contribution in [0.2, 0.25) is 0 Å². The van der Waals surface area contributed by atoms with Gasteiger partial charge < -0.3 is 15.4 Å². The zero-order chi connectivity index (χ0) is 20.5. The van der Waals surface area contributed by atoms with E-state index in [1.807, 2.05) is 29.0 Å². The molecule has 7 heteroatoms. The zero-order valence-corrected chi connectivity index (χ0v) is 17.3. The molecule has 154 valence electrons. The lowest BCUT2D eigenvalue weighted by molar-refractivity contribution is 0.0739. The lowest BCUT2D eigenvalue weighted by atomic mass is 9.88. The Balaban J connectivity index is 1.49. The molecule has 0 amide bonds. The number of rotatable bonds is 3. The minimum absolute atomic E-state index is 0.463. The summed E-state index contributed by atoms with van der Waals surface area (Å²) in [4.78, 5) is 13.0. The van der Waals surface area contributed by atoms with Gasteiger partial charge in [-0.3, -0.25) is 4.98 Å². The summed E-state index contributed by atoms with van der Waals surface area (Å²) in [6.45, 7) is 3.48. The second-order valence-corrected chi connectivity index (χ2v) is 9.33. The number of aliphatic hydroxyl groups is 1. The molecule has 2 fully saturated rings. The first-order valence-corrected chi connectivity index (χ1v) is 10.8. The summed E-state index contributed by atoms with van der Waals surface area (Å²) < 4.78 is 1.90. The van der Waals surface area contributed by atoms with Gasteiger partial charge in [0, 0.05) is 46.9 Å². The van der Waals surface area contributed by atoms with Gasteiger partial charge in [0.25, 0.3) is 0 Å². The van der Waals surface area contributed by atoms with E-state index < -0.39 is 5.60 Å². The fourth-order valence-corrected chi connectivity index (χ4v) is 5.24. The summed E-state index contributed by atoms with van der Waals surface area (Å²) in [5.74, 6) is 0.463. The first kappa shape index (κ1) is 18.0. The molecule has 2 saturated heterocycles. The predicted octanol–water partition coefficient (Wildman–Crippen LogP) is 3.50. The highest BCUT2D eigenvalue weighted by molar-refractivity contribution is 5.86. The van der Waals surface area contributed by atoms with Crippen LogP contribution in [0.5, 0.6) is 0 Å². The van der Waals surface area contributed by atoms with Crippen LogP contribution in [0.25, 0.3) is 27.8 Å². The van der Waals surface area contributed by atoms with E-state index in [0.29, 0.717) is 23.7 Å². The number of nitrogens with one attached hydrogen (secondary N) is 2. The van der Waals surface area contributed by atoms with Crippen LogP contribution < -0.4 is 5.32 Å². The molecule has 0 radical (unpaired) electrons. The SMILES string of the molecule is CC(C)(O)c1ccc(-c2cnn3c2nc(C2C[C@H]4CC[C@@H](C2)N4)c2cc[nH]c23)cn1. The van der Waals surface area contributed by atoms with Gasteiger partial charge in [-0.05, 0) is 51.7 Å². The monoisotopic (exact) mass is 402 g/mol. The maximum Gasteiger partial charge on any atom is 0.165 e. The number of hydrogen-bond donors (Lipinski definition) is 3. The molecule has 3 N–H and O–H groups in total. The molecule has 2 aliphatic rings. The minimum Gasteiger partial charge on any atom is -0.384 e. The van der Waals surface area contributed by atoms with E-state index in [1.54, 1.807) is 20.0 Å². The number of H-pyrrole nitrogens is 1. The van der Waals surface area contributed by atoms with Gasteiger partial charge in [0.05, 0.1) is 17.6 Å². The molecule has 30 heavy (non-hydrogen) atoms. The molecule has 2 bridgehead atoms. The van der Waals surface area contributed by atoms with Gasteiger partial charge in [0.2, 0.25) is 0 Å². The van der Waals surface area contributed by atoms with Crippen molar-refractivity contribution in [2.75, 3.05) is 0 Å². The summed E-state index contributed by atoms with van der Waals surface area (Å²) in [6, 6.07) is 7.22. The van der Waals surface area contributed by atoms with Crippen LogP contribution in [0, 0.1) is 0 Å². The van der Waals surface area contributed by atoms with Gasteiger partial charge in [0.15, 0.2) is 5.65 Å². The van der Waals surface area contributed by atoms with E-state index in [4.69, 9.17) is 4.98 Å². The van der Waals surface area contributed by atoms with Gasteiger partial charge in [-0.25, -0.2) is 4.98 Å². The summed E-state index contributed by atoms with van der Waals surface area (Å²) in [7, 11) is 0. The first-order chi connectivity index (χ1) is 14.5. The lowest BCUT2D eigenvalue weighted by Crippen LogP contribution is -2.37. The smallest absolute Gasteiger partial charge is 0.165 e. The number of hydrogen-bond acceptors (Lipinski definition) is 5. The van der Waals surface area contributed by atoms with Crippen LogP contribution >= 0.6 is 0 Å². The number of aromatic nitrogens is 5. The Labute approximate surface area is 174 Å². The molecule has 4 aromatic rings. The van der Waals surface area contributed by atoms with Gasteiger partial charge in [0.1, 0.15) is 11.2 Å². The Hall–Kier alpha value is -2.77. The van der Waals surface area contributed by atoms with Crippen molar-refractivity contribution in [1.29, 1.82) is 0 Å². The molecule has 4 aromatic heterocycles. The average molecular weight is 403 g/mol. The maximum absolute atomic E-state index is 10.2. The van der Waals surface area contributed by atoms with E-state index in [9.17, 15) is 5.11 Å². The van der Waals surface area contributed by atoms with Crippen LogP contribution in [-0.2, 0) is 5.60 Å². The van der Waals surface area contributed by atoms with Crippen LogP contribution in [0.15, 0.2) is 36.8 Å². The van der Waals surface area contributed by atoms with E-state index >= 15 is 0 Å². The topological polar surface area (TPSA) is 91.1 Å². The summed E-state index contributed by atoms with van der Waals surface area (Å²) >= 11 is 0. The lowest BCUT2D eigenvalue weighted by Gasteiger charge is -2.29. The van der Waals surface area contributed by atoms with Crippen molar-refractivity contribution >= 4 is 16.7 Å². The maximum atomic E-state index is 10.2. The molecule has 0 aromatic carbocycles. The molecule has 0 spiro atoms. The fourth-order valence-electron chi connectivity index (χ4n) is 5.24. The second-order valence-electron chi connectivity index (χ2n) is 9.33. The number of piperidine rings is 1. The molecule has 7 nitrogen and oxygen atoms in total. The third-order valence-corrected chi connectivity index (χ3v) is 6.74. The predicted molar refractivity (Wildman–Crippen MR) is 115 cm³/mol. The van der Waals surface area contributed by atoms with E-state index in [-0.39, 0.29) is 0 Å². The zero-order valence-electron chi connectivity index (χ0n) is 17.3. The van der Waals surface area contributed by atoms with Crippen LogP contribution in [0.3, 0.4) is 0 Å². The number of pyridine rings is 1. The summed E-state index contributed by atoms with van der Waals surface area (Å²) in [6.07, 6.45) is 10.5. The summed E-state index contributed by atoms with van der Waals surface area (Å²) in [5, 5.41) is 19.7. The van der Waals surface area contributed by atoms with Crippen LogP contribution in [0.1, 0.15) is 56.8 Å². The molecule has 3 atom stereocenters. The quantitative estimate of drug-likeness (QED) is 0.488. The summed E-state index contributed by atoms with van der Waals surface area (Å²) in [5.41, 5.74) is 4.62. The molecule has 6 heterocycles. The van der Waals surface area contributed by atoms with E-state index in [0.717, 1.165) is 35.3 Å². The van der Waals surface area contributed by atoms with Crippen molar-refractivity contribution in [1.82, 2.24) is 29.9 Å². The van der Waals surface area contributed by atoms with Gasteiger partial charge in [-0.1, -0.05) is 6.07 Å². The molecule has 6 rings (SSSR count). The molecular weight excluding hydrogens is 376 g/mol. The van der Waals surface area contributed by atoms with Crippen molar-refractivity contribution in [2.45, 2.75) is 63.1 Å². The Morgan fingerprint density at radius 2 is 1.90 bits per heavy atom. The third kappa shape index (κ3) is 2.76. The molecule has 2 aliphatic heterocycles. The third-order valence-electron chi connectivity index (χ3n) is 6.74. The average Bonchev–Trinajstić information content (AvgIpc) is 3.44. The second kappa shape index (κ2) is 6.36. The highest BCUT2D eigenvalue weighted by atomic mass is 16.3. The van der Waals surface area contributed by atoms with Crippen molar-refractivity contribution in [2.24, 2.45) is 0 Å². The largest absolute Gasteiger partial charge is 0.384 e. The van der Waals surface area contributed by atoms with Crippen molar-refractivity contribution < 1.29 is 5.11 Å². The van der Waals surface area contributed by atoms with Gasteiger partial charge >= 0.3 is 0 Å². The highest BCUT2D eigenvalue weighted by Crippen LogP contribution is 2.39. The number of nitrogens with zero attached hydrogens (tertiary/aromatic N) is 4. The van der Waals surface area contributed by atoms with Gasteiger partial charge in [-0.2, -0.15) is 9.61 Å². The van der Waals surface area contributed by atoms with Crippen molar-refractivity contribution in [3.8, 4) is 11.1 Å². The Kier molecular flexibility index (Phi) is 3.82. The Bertz CT molecular complexity index is 1220. The molecule has 1 unspecified atom stereocenters. The van der Waals surface area contributed by atoms with Crippen LogP contribution in [-0.4, -0.2) is 41.8 Å². The molecule has 0 saturated carbocycles. The molecular formula is C23H26N6O. The van der Waals surface area contributed by atoms with Crippen molar-refractivity contribution in [3.05, 3.63) is 48.2 Å². The van der Waals surface area contributed by atoms with E-state index in [2.05, 4.69) is 26.4 Å². The Morgan fingerprint density at radius 3 is 2.60 bits per heavy atom. The standard InChI is InChI=1S/C23H26N6O/c1-23(2,30)19-6-3-13(11-25-19)18-12-26-29-21-17(7-8-24-21)20(28-22(18)29)14-9-15-4-5-16(10-14)27-15/h3,6-8,11-12,14-16,24,27,30H,4-5,9-10H2,1-2H3/t14?,15-,16+. The number of aromatic amines is 1. The van der Waals surface area contributed by atoms with Crippen molar-refractivity contribution in [3.63, 3.8) is 0 Å². The normalized spacial score (nSPS) is 24.2. The first-order valence-electron chi connectivity index (χ1n) is 10.8. The molecule has 0 aliphatic carbocycles. The number of fused-ring (bicyclic) bond motifs is 5.